The maximum absolute atomic E-state index is 11.9. The summed E-state index contributed by atoms with van der Waals surface area (Å²) in [5, 5.41) is 32.3. The molecule has 3 aliphatic heterocycles. The first-order chi connectivity index (χ1) is 15.2. The van der Waals surface area contributed by atoms with E-state index in [1.165, 1.54) is 19.8 Å². The van der Waals surface area contributed by atoms with Crippen molar-refractivity contribution < 1.29 is 43.8 Å². The number of aromatic nitrogens is 4. The Kier molecular flexibility index (Phi) is 4.86. The Bertz CT molecular complexity index is 1050. The summed E-state index contributed by atoms with van der Waals surface area (Å²) in [6, 6.07) is 0. The van der Waals surface area contributed by atoms with Crippen LogP contribution in [0.25, 0.3) is 11.2 Å². The Morgan fingerprint density at radius 1 is 1.25 bits per heavy atom. The topological polar surface area (TPSA) is 194 Å². The van der Waals surface area contributed by atoms with Gasteiger partial charge in [0.15, 0.2) is 23.8 Å². The molecular formula is C18H23N5O9. The van der Waals surface area contributed by atoms with Crippen LogP contribution in [0.2, 0.25) is 0 Å². The number of hydrogen-bond donors (Lipinski definition) is 4. The van der Waals surface area contributed by atoms with Crippen molar-refractivity contribution in [1.82, 2.24) is 19.5 Å². The molecule has 14 nitrogen and oxygen atoms in total. The van der Waals surface area contributed by atoms with Gasteiger partial charge in [0.05, 0.1) is 19.5 Å². The Labute approximate surface area is 180 Å². The Balaban J connectivity index is 1.48. The van der Waals surface area contributed by atoms with E-state index in [-0.39, 0.29) is 12.2 Å². The van der Waals surface area contributed by atoms with Gasteiger partial charge in [0.2, 0.25) is 11.6 Å². The van der Waals surface area contributed by atoms with Gasteiger partial charge >= 0.3 is 5.97 Å². The minimum absolute atomic E-state index is 0.0162. The molecule has 0 aromatic carbocycles. The van der Waals surface area contributed by atoms with Crippen LogP contribution in [-0.2, 0) is 28.5 Å². The molecule has 1 unspecified atom stereocenters. The Morgan fingerprint density at radius 2 is 2.03 bits per heavy atom. The highest BCUT2D eigenvalue weighted by Gasteiger charge is 2.68. The summed E-state index contributed by atoms with van der Waals surface area (Å²) in [5.74, 6) is -5.93. The molecule has 0 saturated carbocycles. The van der Waals surface area contributed by atoms with Crippen molar-refractivity contribution in [2.75, 3.05) is 20.0 Å². The zero-order valence-electron chi connectivity index (χ0n) is 17.2. The second kappa shape index (κ2) is 7.28. The highest BCUT2D eigenvalue weighted by Crippen LogP contribution is 2.49. The average Bonchev–Trinajstić information content (AvgIpc) is 3.33. The van der Waals surface area contributed by atoms with Crippen LogP contribution in [0.3, 0.4) is 0 Å². The van der Waals surface area contributed by atoms with Crippen LogP contribution in [-0.4, -0.2) is 97.1 Å². The van der Waals surface area contributed by atoms with E-state index in [2.05, 4.69) is 19.7 Å². The monoisotopic (exact) mass is 453 g/mol. The lowest BCUT2D eigenvalue weighted by Gasteiger charge is -2.53. The van der Waals surface area contributed by atoms with Gasteiger partial charge in [-0.15, -0.1) is 0 Å². The van der Waals surface area contributed by atoms with E-state index in [1.54, 1.807) is 4.57 Å². The van der Waals surface area contributed by atoms with Crippen LogP contribution in [0, 0.1) is 0 Å². The van der Waals surface area contributed by atoms with E-state index < -0.39 is 60.7 Å². The number of nitrogen functional groups attached to an aromatic ring is 1. The minimum atomic E-state index is -2.79. The number of ether oxygens (including phenoxy) is 5. The number of anilines is 1. The van der Waals surface area contributed by atoms with Crippen LogP contribution in [0.4, 0.5) is 5.82 Å². The minimum Gasteiger partial charge on any atom is -0.467 e. The first kappa shape index (κ1) is 21.4. The van der Waals surface area contributed by atoms with Gasteiger partial charge in [0, 0.05) is 20.0 Å². The third-order valence-electron chi connectivity index (χ3n) is 6.25. The molecule has 0 spiro atoms. The molecular weight excluding hydrogens is 430 g/mol. The maximum atomic E-state index is 11.9. The molecule has 174 valence electrons. The first-order valence-electron chi connectivity index (χ1n) is 9.89. The standard InChI is InChI=1S/C18H23N5O9/c1-28-12-11-7(31-15(12)23-6-22-10-13(19)20-5-21-14(10)23)3-9-18(27,32-11)17(25,26)4-8(30-9)16(24)29-2/h5-9,11-12,15,25-27H,3-4H2,1-2H3,(H2,19,20,21)/t7-,8-,9-,11-,12+,15?,18-/m0/s1. The lowest BCUT2D eigenvalue weighted by atomic mass is 9.83. The number of nitrogens with two attached hydrogens (primary N) is 1. The lowest BCUT2D eigenvalue weighted by molar-refractivity contribution is -0.456. The number of rotatable bonds is 3. The normalized spacial score (nSPS) is 38.3. The van der Waals surface area contributed by atoms with Crippen molar-refractivity contribution in [3.8, 4) is 0 Å². The molecule has 0 bridgehead atoms. The number of hydrogen-bond acceptors (Lipinski definition) is 13. The summed E-state index contributed by atoms with van der Waals surface area (Å²) < 4.78 is 29.4. The molecule has 14 heteroatoms. The molecule has 0 aliphatic carbocycles. The zero-order valence-corrected chi connectivity index (χ0v) is 17.2. The summed E-state index contributed by atoms with van der Waals surface area (Å²) in [6.07, 6.45) is -3.64. The van der Waals surface area contributed by atoms with Crippen molar-refractivity contribution in [2.45, 2.75) is 61.2 Å². The van der Waals surface area contributed by atoms with Gasteiger partial charge < -0.3 is 44.7 Å². The molecule has 0 amide bonds. The Hall–Kier alpha value is -2.46. The molecule has 2 aromatic rings. The number of carbonyl (C=O) groups is 1. The van der Waals surface area contributed by atoms with Crippen molar-refractivity contribution in [2.24, 2.45) is 0 Å². The van der Waals surface area contributed by atoms with Gasteiger partial charge in [-0.1, -0.05) is 0 Å². The largest absolute Gasteiger partial charge is 0.467 e. The van der Waals surface area contributed by atoms with Crippen LogP contribution < -0.4 is 5.73 Å². The van der Waals surface area contributed by atoms with E-state index in [0.29, 0.717) is 11.2 Å². The van der Waals surface area contributed by atoms with E-state index in [4.69, 9.17) is 24.7 Å². The molecule has 5 N–H and O–H groups in total. The van der Waals surface area contributed by atoms with Gasteiger partial charge in [0.1, 0.15) is 30.2 Å². The first-order valence-corrected chi connectivity index (χ1v) is 9.89. The van der Waals surface area contributed by atoms with E-state index in [9.17, 15) is 20.1 Å². The number of nitrogens with zero attached hydrogens (tertiary/aromatic N) is 4. The van der Waals surface area contributed by atoms with Crippen molar-refractivity contribution in [1.29, 1.82) is 0 Å². The lowest BCUT2D eigenvalue weighted by Crippen LogP contribution is -2.73. The molecule has 5 heterocycles. The fraction of sp³-hybridized carbons (Fsp3) is 0.667. The zero-order chi connectivity index (χ0) is 22.8. The SMILES string of the molecule is COC(=O)[C@@H]1CC(O)(O)[C@@]2(O)O[C@H]3[C@H](C[C@@H]2O1)OC(n1cnc2c(N)ncnc21)[C@@H]3OC. The molecule has 2 aromatic heterocycles. The molecule has 7 atom stereocenters. The van der Waals surface area contributed by atoms with Crippen molar-refractivity contribution in [3.05, 3.63) is 12.7 Å². The van der Waals surface area contributed by atoms with Crippen molar-refractivity contribution >= 4 is 23.0 Å². The number of methoxy groups -OCH3 is 2. The van der Waals surface area contributed by atoms with E-state index in [1.807, 2.05) is 0 Å². The second-order valence-electron chi connectivity index (χ2n) is 8.02. The van der Waals surface area contributed by atoms with E-state index in [0.717, 1.165) is 7.11 Å². The third-order valence-corrected chi connectivity index (χ3v) is 6.25. The van der Waals surface area contributed by atoms with Crippen LogP contribution >= 0.6 is 0 Å². The van der Waals surface area contributed by atoms with Crippen LogP contribution in [0.5, 0.6) is 0 Å². The van der Waals surface area contributed by atoms with Gasteiger partial charge in [-0.3, -0.25) is 4.57 Å². The highest BCUT2D eigenvalue weighted by molar-refractivity contribution is 5.81. The molecule has 3 aliphatic rings. The van der Waals surface area contributed by atoms with Crippen LogP contribution in [0.15, 0.2) is 12.7 Å². The predicted octanol–water partition coefficient (Wildman–Crippen LogP) is -2.19. The van der Waals surface area contributed by atoms with Gasteiger partial charge in [-0.25, -0.2) is 19.7 Å². The van der Waals surface area contributed by atoms with Gasteiger partial charge in [-0.05, 0) is 0 Å². The predicted molar refractivity (Wildman–Crippen MR) is 101 cm³/mol. The highest BCUT2D eigenvalue weighted by atomic mass is 16.7. The van der Waals surface area contributed by atoms with Gasteiger partial charge in [-0.2, -0.15) is 0 Å². The number of aliphatic hydroxyl groups is 3. The van der Waals surface area contributed by atoms with E-state index >= 15 is 0 Å². The molecule has 0 radical (unpaired) electrons. The molecule has 3 fully saturated rings. The summed E-state index contributed by atoms with van der Waals surface area (Å²) in [7, 11) is 2.58. The maximum Gasteiger partial charge on any atom is 0.335 e. The number of fused-ring (bicyclic) bond motifs is 3. The summed E-state index contributed by atoms with van der Waals surface area (Å²) >= 11 is 0. The smallest absolute Gasteiger partial charge is 0.335 e. The Morgan fingerprint density at radius 3 is 2.75 bits per heavy atom. The van der Waals surface area contributed by atoms with Gasteiger partial charge in [0.25, 0.3) is 0 Å². The fourth-order valence-electron chi connectivity index (χ4n) is 4.65. The van der Waals surface area contributed by atoms with Crippen LogP contribution in [0.1, 0.15) is 19.1 Å². The molecule has 32 heavy (non-hydrogen) atoms. The average molecular weight is 453 g/mol. The van der Waals surface area contributed by atoms with Crippen molar-refractivity contribution in [3.63, 3.8) is 0 Å². The quantitative estimate of drug-likeness (QED) is 0.289. The molecule has 3 saturated heterocycles. The summed E-state index contributed by atoms with van der Waals surface area (Å²) in [6.45, 7) is 0. The summed E-state index contributed by atoms with van der Waals surface area (Å²) in [5.41, 5.74) is 6.64. The second-order valence-corrected chi connectivity index (χ2v) is 8.02. The summed E-state index contributed by atoms with van der Waals surface area (Å²) in [4.78, 5) is 24.3. The number of esters is 1. The molecule has 5 rings (SSSR count). The number of carbonyl (C=O) groups excluding carboxylic acids is 1. The fourth-order valence-corrected chi connectivity index (χ4v) is 4.65. The third kappa shape index (κ3) is 2.92. The number of imidazole rings is 1.